The van der Waals surface area contributed by atoms with Crippen molar-refractivity contribution < 1.29 is 18.4 Å². The molecule has 4 aromatic rings. The Hall–Kier alpha value is -3.26. The number of nitrogens with one attached hydrogen (secondary N) is 1. The van der Waals surface area contributed by atoms with Crippen LogP contribution in [0, 0.1) is 0 Å². The van der Waals surface area contributed by atoms with Crippen LogP contribution in [0.25, 0.3) is 22.6 Å². The summed E-state index contributed by atoms with van der Waals surface area (Å²) in [4.78, 5) is 13.5. The second-order valence-electron chi connectivity index (χ2n) is 6.55. The lowest BCUT2D eigenvalue weighted by Gasteiger charge is -2.05. The molecule has 148 valence electrons. The summed E-state index contributed by atoms with van der Waals surface area (Å²) in [7, 11) is 1.57. The zero-order valence-electron chi connectivity index (χ0n) is 16.1. The van der Waals surface area contributed by atoms with Gasteiger partial charge >= 0.3 is 6.01 Å². The van der Waals surface area contributed by atoms with E-state index in [1.54, 1.807) is 43.1 Å². The molecule has 0 radical (unpaired) electrons. The zero-order valence-corrected chi connectivity index (χ0v) is 16.9. The number of hydrogen-bond donors (Lipinski definition) is 1. The number of anilines is 1. The fourth-order valence-corrected chi connectivity index (χ4v) is 3.64. The Morgan fingerprint density at radius 1 is 1.10 bits per heavy atom. The van der Waals surface area contributed by atoms with Crippen molar-refractivity contribution in [3.8, 4) is 17.4 Å². The average molecular weight is 409 g/mol. The normalized spacial score (nSPS) is 11.2. The number of methoxy groups -OCH3 is 1. The summed E-state index contributed by atoms with van der Waals surface area (Å²) < 4.78 is 16.6. The number of hydrogen-bond acceptors (Lipinski definition) is 7. The van der Waals surface area contributed by atoms with E-state index in [4.69, 9.17) is 13.6 Å². The molecule has 0 aliphatic rings. The van der Waals surface area contributed by atoms with Gasteiger partial charge in [0.05, 0.1) is 7.11 Å². The van der Waals surface area contributed by atoms with Gasteiger partial charge in [-0.1, -0.05) is 31.1 Å². The molecule has 0 saturated carbocycles. The molecule has 0 bridgehead atoms. The third kappa shape index (κ3) is 4.12. The predicted octanol–water partition coefficient (Wildman–Crippen LogP) is 5.24. The van der Waals surface area contributed by atoms with Crippen molar-refractivity contribution in [2.24, 2.45) is 0 Å². The third-order valence-electron chi connectivity index (χ3n) is 4.07. The van der Waals surface area contributed by atoms with Gasteiger partial charge in [0.2, 0.25) is 0 Å². The van der Waals surface area contributed by atoms with Crippen molar-refractivity contribution in [1.29, 1.82) is 0 Å². The number of amides is 1. The van der Waals surface area contributed by atoms with Crippen molar-refractivity contribution in [2.45, 2.75) is 24.0 Å². The number of furan rings is 1. The van der Waals surface area contributed by atoms with Crippen LogP contribution in [0.2, 0.25) is 0 Å². The van der Waals surface area contributed by atoms with Crippen LogP contribution in [0.4, 0.5) is 6.01 Å². The van der Waals surface area contributed by atoms with Crippen molar-refractivity contribution in [1.82, 2.24) is 10.2 Å². The van der Waals surface area contributed by atoms with Crippen LogP contribution in [0.1, 0.15) is 24.2 Å². The topological polar surface area (TPSA) is 90.4 Å². The zero-order chi connectivity index (χ0) is 20.4. The first kappa shape index (κ1) is 19.1. The second kappa shape index (κ2) is 8.00. The molecule has 0 spiro atoms. The van der Waals surface area contributed by atoms with Gasteiger partial charge in [-0.3, -0.25) is 10.1 Å². The number of ether oxygens (including phenoxy) is 1. The van der Waals surface area contributed by atoms with Gasteiger partial charge in [0.15, 0.2) is 17.1 Å². The Kier molecular flexibility index (Phi) is 5.26. The van der Waals surface area contributed by atoms with Crippen molar-refractivity contribution >= 4 is 34.7 Å². The first-order valence-electron chi connectivity index (χ1n) is 9.02. The highest BCUT2D eigenvalue weighted by Gasteiger charge is 2.17. The van der Waals surface area contributed by atoms with Gasteiger partial charge in [-0.2, -0.15) is 0 Å². The Morgan fingerprint density at radius 2 is 1.90 bits per heavy atom. The third-order valence-corrected chi connectivity index (χ3v) is 5.09. The Balaban J connectivity index is 1.50. The maximum atomic E-state index is 12.4. The van der Waals surface area contributed by atoms with Gasteiger partial charge in [0.25, 0.3) is 11.8 Å². The summed E-state index contributed by atoms with van der Waals surface area (Å²) in [6, 6.07) is 14.7. The minimum absolute atomic E-state index is 0.00180. The SMILES string of the molecule is COc1cccc2cc(-c3nnc(NC(=O)c4ccc(SC(C)C)cc4)o3)oc12. The molecule has 1 amide bonds. The quantitative estimate of drug-likeness (QED) is 0.435. The summed E-state index contributed by atoms with van der Waals surface area (Å²) in [5.74, 6) is 0.850. The van der Waals surface area contributed by atoms with Gasteiger partial charge in [0, 0.05) is 21.1 Å². The summed E-state index contributed by atoms with van der Waals surface area (Å²) in [5, 5.41) is 11.8. The first-order chi connectivity index (χ1) is 14.0. The minimum atomic E-state index is -0.326. The van der Waals surface area contributed by atoms with E-state index in [1.165, 1.54) is 0 Å². The summed E-state index contributed by atoms with van der Waals surface area (Å²) in [6.45, 7) is 4.24. The molecule has 0 fully saturated rings. The number of fused-ring (bicyclic) bond motifs is 1. The Labute approximate surface area is 171 Å². The summed E-state index contributed by atoms with van der Waals surface area (Å²) in [6.07, 6.45) is 0. The molecule has 0 saturated heterocycles. The van der Waals surface area contributed by atoms with Gasteiger partial charge < -0.3 is 13.6 Å². The van der Waals surface area contributed by atoms with Gasteiger partial charge in [-0.25, -0.2) is 0 Å². The van der Waals surface area contributed by atoms with Gasteiger partial charge in [-0.15, -0.1) is 16.9 Å². The van der Waals surface area contributed by atoms with Gasteiger partial charge in [-0.05, 0) is 36.4 Å². The van der Waals surface area contributed by atoms with Crippen LogP contribution in [-0.4, -0.2) is 28.5 Å². The maximum Gasteiger partial charge on any atom is 0.322 e. The van der Waals surface area contributed by atoms with E-state index in [1.807, 2.05) is 24.3 Å². The molecule has 0 atom stereocenters. The first-order valence-corrected chi connectivity index (χ1v) is 9.90. The van der Waals surface area contributed by atoms with Crippen LogP contribution in [0.5, 0.6) is 5.75 Å². The van der Waals surface area contributed by atoms with Crippen molar-refractivity contribution in [3.05, 3.63) is 54.1 Å². The van der Waals surface area contributed by atoms with E-state index in [0.29, 0.717) is 27.9 Å². The highest BCUT2D eigenvalue weighted by molar-refractivity contribution is 7.99. The molecule has 0 aliphatic heterocycles. The molecule has 0 aliphatic carbocycles. The second-order valence-corrected chi connectivity index (χ2v) is 8.20. The molecular weight excluding hydrogens is 390 g/mol. The molecule has 2 aromatic carbocycles. The number of carbonyl (C=O) groups is 1. The number of rotatable bonds is 6. The number of aromatic nitrogens is 2. The number of para-hydroxylation sites is 1. The van der Waals surface area contributed by atoms with Crippen LogP contribution >= 0.6 is 11.8 Å². The van der Waals surface area contributed by atoms with E-state index >= 15 is 0 Å². The molecular formula is C21H19N3O4S. The molecule has 0 unspecified atom stereocenters. The highest BCUT2D eigenvalue weighted by atomic mass is 32.2. The lowest BCUT2D eigenvalue weighted by atomic mass is 10.2. The van der Waals surface area contributed by atoms with E-state index in [2.05, 4.69) is 29.4 Å². The molecule has 29 heavy (non-hydrogen) atoms. The Bertz CT molecular complexity index is 1150. The van der Waals surface area contributed by atoms with Crippen LogP contribution in [0.15, 0.2) is 62.3 Å². The van der Waals surface area contributed by atoms with E-state index < -0.39 is 0 Å². The van der Waals surface area contributed by atoms with Crippen molar-refractivity contribution in [2.75, 3.05) is 12.4 Å². The molecule has 4 rings (SSSR count). The summed E-state index contributed by atoms with van der Waals surface area (Å²) >= 11 is 1.74. The van der Waals surface area contributed by atoms with Gasteiger partial charge in [0.1, 0.15) is 0 Å². The monoisotopic (exact) mass is 409 g/mol. The predicted molar refractivity (Wildman–Crippen MR) is 111 cm³/mol. The number of thioether (sulfide) groups is 1. The van der Waals surface area contributed by atoms with E-state index in [-0.39, 0.29) is 17.8 Å². The molecule has 2 aromatic heterocycles. The van der Waals surface area contributed by atoms with Crippen LogP contribution < -0.4 is 10.1 Å². The molecule has 8 heteroatoms. The largest absolute Gasteiger partial charge is 0.493 e. The lowest BCUT2D eigenvalue weighted by Crippen LogP contribution is -2.11. The number of nitrogens with zero attached hydrogens (tertiary/aromatic N) is 2. The van der Waals surface area contributed by atoms with Crippen molar-refractivity contribution in [3.63, 3.8) is 0 Å². The molecule has 2 heterocycles. The van der Waals surface area contributed by atoms with Crippen LogP contribution in [0.3, 0.4) is 0 Å². The Morgan fingerprint density at radius 3 is 2.62 bits per heavy atom. The van der Waals surface area contributed by atoms with Crippen LogP contribution in [-0.2, 0) is 0 Å². The highest BCUT2D eigenvalue weighted by Crippen LogP contribution is 2.33. The standard InChI is InChI=1S/C21H19N3O4S/c1-12(2)29-15-9-7-13(8-10-15)19(25)22-21-24-23-20(28-21)17-11-14-5-4-6-16(26-3)18(14)27-17/h4-12H,1-3H3,(H,22,24,25). The van der Waals surface area contributed by atoms with E-state index in [0.717, 1.165) is 10.3 Å². The minimum Gasteiger partial charge on any atom is -0.493 e. The fraction of sp³-hybridized carbons (Fsp3) is 0.190. The smallest absolute Gasteiger partial charge is 0.322 e. The molecule has 7 nitrogen and oxygen atoms in total. The number of benzene rings is 2. The number of carbonyl (C=O) groups excluding carboxylic acids is 1. The van der Waals surface area contributed by atoms with E-state index in [9.17, 15) is 4.79 Å². The maximum absolute atomic E-state index is 12.4. The molecule has 1 N–H and O–H groups in total. The summed E-state index contributed by atoms with van der Waals surface area (Å²) in [5.41, 5.74) is 1.10. The fourth-order valence-electron chi connectivity index (χ4n) is 2.80. The average Bonchev–Trinajstić information content (AvgIpc) is 3.34. The lowest BCUT2D eigenvalue weighted by molar-refractivity contribution is 0.102.